The van der Waals surface area contributed by atoms with Crippen molar-refractivity contribution in [3.8, 4) is 0 Å². The van der Waals surface area contributed by atoms with Crippen LogP contribution in [-0.2, 0) is 14.8 Å². The highest BCUT2D eigenvalue weighted by molar-refractivity contribution is 7.89. The number of rotatable bonds is 4. The number of sulfonamides is 1. The first-order valence-corrected chi connectivity index (χ1v) is 9.07. The van der Waals surface area contributed by atoms with Gasteiger partial charge in [-0.3, -0.25) is 4.79 Å². The number of amides is 1. The van der Waals surface area contributed by atoms with E-state index in [4.69, 9.17) is 4.52 Å². The van der Waals surface area contributed by atoms with Gasteiger partial charge in [0.15, 0.2) is 5.76 Å². The lowest BCUT2D eigenvalue weighted by molar-refractivity contribution is -0.126. The van der Waals surface area contributed by atoms with E-state index < -0.39 is 10.0 Å². The Hall–Kier alpha value is -1.41. The number of aryl methyl sites for hydroxylation is 2. The van der Waals surface area contributed by atoms with Crippen LogP contribution in [0.15, 0.2) is 9.42 Å². The molecule has 0 unspecified atom stereocenters. The number of carbonyl (C=O) groups is 1. The smallest absolute Gasteiger partial charge is 0.248 e. The van der Waals surface area contributed by atoms with Crippen molar-refractivity contribution in [2.24, 2.45) is 5.92 Å². The summed E-state index contributed by atoms with van der Waals surface area (Å²) in [6.45, 7) is 3.94. The zero-order valence-electron chi connectivity index (χ0n) is 12.8. The van der Waals surface area contributed by atoms with Crippen LogP contribution in [0.2, 0.25) is 0 Å². The summed E-state index contributed by atoms with van der Waals surface area (Å²) in [5.74, 6) is 0.291. The summed E-state index contributed by atoms with van der Waals surface area (Å²) in [6, 6.07) is 0.344. The van der Waals surface area contributed by atoms with Gasteiger partial charge in [0.05, 0.1) is 0 Å². The molecule has 2 aliphatic rings. The molecule has 0 spiro atoms. The standard InChI is InChI=1S/C14H21N3O4S/c1-9-13(10(2)21-16-9)22(19,20)17-7-5-11(6-8-17)14(18)15-12-3-4-12/h11-12H,3-8H2,1-2H3,(H,15,18). The van der Waals surface area contributed by atoms with Crippen molar-refractivity contribution >= 4 is 15.9 Å². The van der Waals surface area contributed by atoms with E-state index in [2.05, 4.69) is 10.5 Å². The van der Waals surface area contributed by atoms with E-state index in [-0.39, 0.29) is 16.7 Å². The Morgan fingerprint density at radius 3 is 2.36 bits per heavy atom. The van der Waals surface area contributed by atoms with Crippen LogP contribution in [-0.4, -0.2) is 42.9 Å². The predicted octanol–water partition coefficient (Wildman–Crippen LogP) is 0.971. The molecule has 0 atom stereocenters. The van der Waals surface area contributed by atoms with Gasteiger partial charge < -0.3 is 9.84 Å². The van der Waals surface area contributed by atoms with Gasteiger partial charge >= 0.3 is 0 Å². The number of nitrogens with one attached hydrogen (secondary N) is 1. The molecule has 1 aromatic heterocycles. The Kier molecular flexibility index (Phi) is 3.98. The molecule has 1 saturated heterocycles. The maximum absolute atomic E-state index is 12.7. The molecule has 3 rings (SSSR count). The minimum absolute atomic E-state index is 0.0666. The summed E-state index contributed by atoms with van der Waals surface area (Å²) in [4.78, 5) is 12.2. The van der Waals surface area contributed by atoms with Crippen LogP contribution in [0.1, 0.15) is 37.1 Å². The summed E-state index contributed by atoms with van der Waals surface area (Å²) < 4.78 is 31.8. The van der Waals surface area contributed by atoms with Crippen molar-refractivity contribution in [2.45, 2.75) is 50.5 Å². The van der Waals surface area contributed by atoms with Crippen LogP contribution in [0.25, 0.3) is 0 Å². The first kappa shape index (κ1) is 15.5. The highest BCUT2D eigenvalue weighted by Gasteiger charge is 2.36. The number of carbonyl (C=O) groups excluding carboxylic acids is 1. The molecular formula is C14H21N3O4S. The lowest BCUT2D eigenvalue weighted by atomic mass is 9.97. The molecule has 1 N–H and O–H groups in total. The van der Waals surface area contributed by atoms with Crippen molar-refractivity contribution in [1.29, 1.82) is 0 Å². The molecule has 1 saturated carbocycles. The van der Waals surface area contributed by atoms with E-state index in [0.717, 1.165) is 12.8 Å². The van der Waals surface area contributed by atoms with Gasteiger partial charge in [-0.1, -0.05) is 5.16 Å². The second kappa shape index (κ2) is 5.66. The molecule has 1 aromatic rings. The normalized spacial score (nSPS) is 21.0. The zero-order chi connectivity index (χ0) is 15.9. The SMILES string of the molecule is Cc1noc(C)c1S(=O)(=O)N1CCC(C(=O)NC2CC2)CC1. The number of aromatic nitrogens is 1. The van der Waals surface area contributed by atoms with Gasteiger partial charge in [0.2, 0.25) is 15.9 Å². The highest BCUT2D eigenvalue weighted by atomic mass is 32.2. The van der Waals surface area contributed by atoms with Gasteiger partial charge in [-0.25, -0.2) is 8.42 Å². The van der Waals surface area contributed by atoms with Gasteiger partial charge in [-0.15, -0.1) is 0 Å². The van der Waals surface area contributed by atoms with Crippen molar-refractivity contribution in [3.05, 3.63) is 11.5 Å². The molecule has 8 heteroatoms. The first-order chi connectivity index (χ1) is 10.4. The molecule has 7 nitrogen and oxygen atoms in total. The quantitative estimate of drug-likeness (QED) is 0.889. The number of hydrogen-bond acceptors (Lipinski definition) is 5. The fraction of sp³-hybridized carbons (Fsp3) is 0.714. The Morgan fingerprint density at radius 1 is 1.23 bits per heavy atom. The first-order valence-electron chi connectivity index (χ1n) is 7.63. The second-order valence-corrected chi connectivity index (χ2v) is 7.99. The van der Waals surface area contributed by atoms with Crippen molar-refractivity contribution in [3.63, 3.8) is 0 Å². The van der Waals surface area contributed by atoms with Crippen LogP contribution >= 0.6 is 0 Å². The monoisotopic (exact) mass is 327 g/mol. The molecule has 1 aliphatic carbocycles. The third kappa shape index (κ3) is 2.89. The Labute approximate surface area is 130 Å². The minimum Gasteiger partial charge on any atom is -0.360 e. The summed E-state index contributed by atoms with van der Waals surface area (Å²) in [5.41, 5.74) is 0.381. The molecule has 122 valence electrons. The van der Waals surface area contributed by atoms with E-state index >= 15 is 0 Å². The van der Waals surface area contributed by atoms with Crippen molar-refractivity contribution in [1.82, 2.24) is 14.8 Å². The third-order valence-corrected chi connectivity index (χ3v) is 6.46. The van der Waals surface area contributed by atoms with Crippen LogP contribution in [0, 0.1) is 19.8 Å². The Morgan fingerprint density at radius 2 is 1.86 bits per heavy atom. The predicted molar refractivity (Wildman–Crippen MR) is 78.6 cm³/mol. The van der Waals surface area contributed by atoms with Gasteiger partial charge in [0, 0.05) is 25.0 Å². The van der Waals surface area contributed by atoms with E-state index in [1.54, 1.807) is 13.8 Å². The molecular weight excluding hydrogens is 306 g/mol. The second-order valence-electron chi connectivity index (χ2n) is 6.11. The third-order valence-electron chi connectivity index (χ3n) is 4.31. The molecule has 2 fully saturated rings. The Balaban J connectivity index is 1.66. The average Bonchev–Trinajstić information content (AvgIpc) is 3.22. The highest BCUT2D eigenvalue weighted by Crippen LogP contribution is 2.28. The van der Waals surface area contributed by atoms with Crippen LogP contribution < -0.4 is 5.32 Å². The topological polar surface area (TPSA) is 92.5 Å². The molecule has 0 radical (unpaired) electrons. The van der Waals surface area contributed by atoms with Gasteiger partial charge in [-0.2, -0.15) is 4.31 Å². The maximum atomic E-state index is 12.7. The minimum atomic E-state index is -3.59. The zero-order valence-corrected chi connectivity index (χ0v) is 13.6. The lowest BCUT2D eigenvalue weighted by Crippen LogP contribution is -2.43. The number of hydrogen-bond donors (Lipinski definition) is 1. The molecule has 22 heavy (non-hydrogen) atoms. The number of piperidine rings is 1. The maximum Gasteiger partial charge on any atom is 0.248 e. The molecule has 1 aliphatic heterocycles. The molecule has 0 aromatic carbocycles. The number of nitrogens with zero attached hydrogens (tertiary/aromatic N) is 2. The lowest BCUT2D eigenvalue weighted by Gasteiger charge is -2.30. The Bertz CT molecular complexity index is 651. The van der Waals surface area contributed by atoms with Crippen molar-refractivity contribution < 1.29 is 17.7 Å². The van der Waals surface area contributed by atoms with E-state index in [0.29, 0.717) is 43.4 Å². The average molecular weight is 327 g/mol. The van der Waals surface area contributed by atoms with Gasteiger partial charge in [0.25, 0.3) is 0 Å². The fourth-order valence-corrected chi connectivity index (χ4v) is 4.64. The van der Waals surface area contributed by atoms with E-state index in [1.807, 2.05) is 0 Å². The van der Waals surface area contributed by atoms with Crippen LogP contribution in [0.3, 0.4) is 0 Å². The van der Waals surface area contributed by atoms with Gasteiger partial charge in [0.1, 0.15) is 10.6 Å². The molecule has 1 amide bonds. The van der Waals surface area contributed by atoms with Crippen LogP contribution in [0.5, 0.6) is 0 Å². The van der Waals surface area contributed by atoms with Gasteiger partial charge in [-0.05, 0) is 39.5 Å². The summed E-state index contributed by atoms with van der Waals surface area (Å²) in [5, 5.41) is 6.71. The molecule has 2 heterocycles. The summed E-state index contributed by atoms with van der Waals surface area (Å²) in [7, 11) is -3.59. The largest absolute Gasteiger partial charge is 0.360 e. The van der Waals surface area contributed by atoms with E-state index in [9.17, 15) is 13.2 Å². The summed E-state index contributed by atoms with van der Waals surface area (Å²) in [6.07, 6.45) is 3.23. The van der Waals surface area contributed by atoms with E-state index in [1.165, 1.54) is 4.31 Å². The van der Waals surface area contributed by atoms with Crippen LogP contribution in [0.4, 0.5) is 0 Å². The van der Waals surface area contributed by atoms with Crippen molar-refractivity contribution in [2.75, 3.05) is 13.1 Å². The molecule has 0 bridgehead atoms. The fourth-order valence-electron chi connectivity index (χ4n) is 2.88. The summed E-state index contributed by atoms with van der Waals surface area (Å²) >= 11 is 0.